The third-order valence-electron chi connectivity index (χ3n) is 4.84. The van der Waals surface area contributed by atoms with Gasteiger partial charge in [0, 0.05) is 5.56 Å². The van der Waals surface area contributed by atoms with Crippen molar-refractivity contribution in [1.82, 2.24) is 0 Å². The molecule has 1 amide bonds. The van der Waals surface area contributed by atoms with Gasteiger partial charge in [0.1, 0.15) is 0 Å². The zero-order valence-corrected chi connectivity index (χ0v) is 17.8. The average molecular weight is 406 g/mol. The lowest BCUT2D eigenvalue weighted by atomic mass is 10.1. The molecule has 1 aliphatic rings. The van der Waals surface area contributed by atoms with Gasteiger partial charge in [-0.25, -0.2) is 0 Å². The quantitative estimate of drug-likeness (QED) is 0.356. The number of anilines is 1. The summed E-state index contributed by atoms with van der Waals surface area (Å²) in [7, 11) is 1.60. The number of carbonyl (C=O) groups excluding carboxylic acids is 2. The molecular formula is C24H26N2O4. The van der Waals surface area contributed by atoms with E-state index in [4.69, 9.17) is 9.47 Å². The summed E-state index contributed by atoms with van der Waals surface area (Å²) in [6.07, 6.45) is 3.83. The van der Waals surface area contributed by atoms with Gasteiger partial charge in [0.25, 0.3) is 5.91 Å². The molecule has 0 aromatic heterocycles. The predicted molar refractivity (Wildman–Crippen MR) is 118 cm³/mol. The van der Waals surface area contributed by atoms with Crippen LogP contribution in [-0.2, 0) is 4.79 Å². The van der Waals surface area contributed by atoms with Gasteiger partial charge in [-0.3, -0.25) is 9.59 Å². The van der Waals surface area contributed by atoms with E-state index in [2.05, 4.69) is 12.0 Å². The molecule has 0 bridgehead atoms. The molecular weight excluding hydrogens is 380 g/mol. The fraction of sp³-hybridized carbons (Fsp3) is 0.292. The van der Waals surface area contributed by atoms with Crippen LogP contribution < -0.4 is 14.5 Å². The number of methoxy groups -OCH3 is 1. The Morgan fingerprint density at radius 1 is 1.13 bits per heavy atom. The number of hydrogen-bond donors (Lipinski definition) is 0. The molecule has 2 aromatic rings. The fourth-order valence-electron chi connectivity index (χ4n) is 3.08. The standard InChI is InChI=1S/C24H26N2O4/c1-5-6-13-30-22-12-7-18(15-23(22)29-4)14-21-16(2)25-26(24(21)28)20-10-8-19(9-11-20)17(3)27/h7-12,14-15H,5-6,13H2,1-4H3. The molecule has 0 spiro atoms. The lowest BCUT2D eigenvalue weighted by Crippen LogP contribution is -2.21. The van der Waals surface area contributed by atoms with Crippen molar-refractivity contribution in [3.8, 4) is 11.5 Å². The molecule has 156 valence electrons. The molecule has 6 heteroatoms. The fourth-order valence-corrected chi connectivity index (χ4v) is 3.08. The van der Waals surface area contributed by atoms with E-state index in [1.165, 1.54) is 11.9 Å². The van der Waals surface area contributed by atoms with E-state index >= 15 is 0 Å². The Kier molecular flexibility index (Phi) is 6.67. The van der Waals surface area contributed by atoms with Gasteiger partial charge in [-0.05, 0) is 68.3 Å². The number of Topliss-reactive ketones (excluding diaryl/α,β-unsaturated/α-hetero) is 1. The second-order valence-corrected chi connectivity index (χ2v) is 7.08. The maximum atomic E-state index is 13.0. The summed E-state index contributed by atoms with van der Waals surface area (Å²) in [5.74, 6) is 1.07. The maximum absolute atomic E-state index is 13.0. The van der Waals surface area contributed by atoms with E-state index in [-0.39, 0.29) is 11.7 Å². The van der Waals surface area contributed by atoms with Crippen LogP contribution in [0.25, 0.3) is 6.08 Å². The first-order valence-electron chi connectivity index (χ1n) is 9.98. The average Bonchev–Trinajstić information content (AvgIpc) is 3.03. The molecule has 0 saturated carbocycles. The van der Waals surface area contributed by atoms with Gasteiger partial charge in [0.15, 0.2) is 17.3 Å². The number of rotatable bonds is 8. The van der Waals surface area contributed by atoms with Crippen LogP contribution in [0, 0.1) is 0 Å². The maximum Gasteiger partial charge on any atom is 0.280 e. The summed E-state index contributed by atoms with van der Waals surface area (Å²) in [4.78, 5) is 24.4. The Balaban J connectivity index is 1.83. The van der Waals surface area contributed by atoms with Crippen LogP contribution in [0.4, 0.5) is 5.69 Å². The second kappa shape index (κ2) is 9.39. The van der Waals surface area contributed by atoms with E-state index in [1.807, 2.05) is 18.2 Å². The van der Waals surface area contributed by atoms with Gasteiger partial charge in [-0.1, -0.05) is 19.4 Å². The molecule has 0 unspecified atom stereocenters. The van der Waals surface area contributed by atoms with Crippen molar-refractivity contribution in [3.05, 3.63) is 59.2 Å². The van der Waals surface area contributed by atoms with Crippen molar-refractivity contribution in [1.29, 1.82) is 0 Å². The Labute approximate surface area is 176 Å². The number of ether oxygens (including phenoxy) is 2. The van der Waals surface area contributed by atoms with Gasteiger partial charge < -0.3 is 9.47 Å². The number of benzene rings is 2. The van der Waals surface area contributed by atoms with E-state index in [9.17, 15) is 9.59 Å². The van der Waals surface area contributed by atoms with Crippen LogP contribution in [0.2, 0.25) is 0 Å². The highest BCUT2D eigenvalue weighted by Crippen LogP contribution is 2.31. The molecule has 0 N–H and O–H groups in total. The van der Waals surface area contributed by atoms with Gasteiger partial charge in [0.05, 0.1) is 30.7 Å². The largest absolute Gasteiger partial charge is 0.493 e. The van der Waals surface area contributed by atoms with Crippen molar-refractivity contribution in [2.45, 2.75) is 33.6 Å². The minimum atomic E-state index is -0.217. The Bertz CT molecular complexity index is 1010. The zero-order valence-electron chi connectivity index (χ0n) is 17.8. The first-order chi connectivity index (χ1) is 14.4. The number of hydrogen-bond acceptors (Lipinski definition) is 5. The van der Waals surface area contributed by atoms with Gasteiger partial charge >= 0.3 is 0 Å². The zero-order chi connectivity index (χ0) is 21.7. The number of hydrazone groups is 1. The summed E-state index contributed by atoms with van der Waals surface area (Å²) in [6.45, 7) is 6.05. The first-order valence-corrected chi connectivity index (χ1v) is 9.98. The van der Waals surface area contributed by atoms with E-state index in [1.54, 1.807) is 44.4 Å². The molecule has 0 radical (unpaired) electrons. The van der Waals surface area contributed by atoms with Crippen LogP contribution in [0.1, 0.15) is 49.5 Å². The molecule has 0 aliphatic carbocycles. The minimum Gasteiger partial charge on any atom is -0.493 e. The second-order valence-electron chi connectivity index (χ2n) is 7.08. The van der Waals surface area contributed by atoms with E-state index in [0.717, 1.165) is 18.4 Å². The summed E-state index contributed by atoms with van der Waals surface area (Å²) < 4.78 is 11.2. The highest BCUT2D eigenvalue weighted by atomic mass is 16.5. The highest BCUT2D eigenvalue weighted by Gasteiger charge is 2.28. The Morgan fingerprint density at radius 3 is 2.50 bits per heavy atom. The number of unbranched alkanes of at least 4 members (excludes halogenated alkanes) is 1. The predicted octanol–water partition coefficient (Wildman–Crippen LogP) is 4.88. The number of amides is 1. The SMILES string of the molecule is CCCCOc1ccc(C=C2C(=O)N(c3ccc(C(C)=O)cc3)N=C2C)cc1OC. The van der Waals surface area contributed by atoms with Crippen molar-refractivity contribution in [2.24, 2.45) is 5.10 Å². The topological polar surface area (TPSA) is 68.2 Å². The summed E-state index contributed by atoms with van der Waals surface area (Å²) in [5, 5.41) is 5.74. The number of nitrogens with zero attached hydrogens (tertiary/aromatic N) is 2. The third-order valence-corrected chi connectivity index (χ3v) is 4.84. The smallest absolute Gasteiger partial charge is 0.280 e. The van der Waals surface area contributed by atoms with Crippen molar-refractivity contribution >= 4 is 29.2 Å². The molecule has 0 fully saturated rings. The van der Waals surface area contributed by atoms with Crippen LogP contribution in [0.15, 0.2) is 53.1 Å². The van der Waals surface area contributed by atoms with Crippen LogP contribution in [-0.4, -0.2) is 31.1 Å². The number of carbonyl (C=O) groups is 2. The number of ketones is 1. The van der Waals surface area contributed by atoms with Gasteiger partial charge in [-0.2, -0.15) is 10.1 Å². The normalized spacial score (nSPS) is 14.8. The third kappa shape index (κ3) is 4.59. The van der Waals surface area contributed by atoms with E-state index in [0.29, 0.717) is 40.6 Å². The highest BCUT2D eigenvalue weighted by molar-refractivity contribution is 6.32. The van der Waals surface area contributed by atoms with Gasteiger partial charge in [0.2, 0.25) is 0 Å². The van der Waals surface area contributed by atoms with Crippen molar-refractivity contribution < 1.29 is 19.1 Å². The molecule has 0 atom stereocenters. The summed E-state index contributed by atoms with van der Waals surface area (Å²) in [6, 6.07) is 12.4. The van der Waals surface area contributed by atoms with Gasteiger partial charge in [-0.15, -0.1) is 0 Å². The Hall–Kier alpha value is -3.41. The molecule has 1 aliphatic heterocycles. The lowest BCUT2D eigenvalue weighted by molar-refractivity contribution is -0.114. The minimum absolute atomic E-state index is 0.0226. The molecule has 2 aromatic carbocycles. The summed E-state index contributed by atoms with van der Waals surface area (Å²) >= 11 is 0. The van der Waals surface area contributed by atoms with Crippen LogP contribution in [0.5, 0.6) is 11.5 Å². The van der Waals surface area contributed by atoms with Crippen molar-refractivity contribution in [3.63, 3.8) is 0 Å². The molecule has 6 nitrogen and oxygen atoms in total. The summed E-state index contributed by atoms with van der Waals surface area (Å²) in [5.41, 5.74) is 3.16. The van der Waals surface area contributed by atoms with E-state index < -0.39 is 0 Å². The van der Waals surface area contributed by atoms with Crippen LogP contribution >= 0.6 is 0 Å². The van der Waals surface area contributed by atoms with Crippen molar-refractivity contribution in [2.75, 3.05) is 18.7 Å². The monoisotopic (exact) mass is 406 g/mol. The Morgan fingerprint density at radius 2 is 1.87 bits per heavy atom. The molecule has 30 heavy (non-hydrogen) atoms. The molecule has 3 rings (SSSR count). The van der Waals surface area contributed by atoms with Crippen LogP contribution in [0.3, 0.4) is 0 Å². The first kappa shape index (κ1) is 21.3. The lowest BCUT2D eigenvalue weighted by Gasteiger charge is -2.12. The molecule has 1 heterocycles. The molecule has 0 saturated heterocycles.